The van der Waals surface area contributed by atoms with Crippen LogP contribution in [0.1, 0.15) is 23.9 Å². The number of aromatic nitrogens is 2. The maximum absolute atomic E-state index is 12.9. The lowest BCUT2D eigenvalue weighted by atomic mass is 10.2. The van der Waals surface area contributed by atoms with Gasteiger partial charge in [0, 0.05) is 13.1 Å². The van der Waals surface area contributed by atoms with Gasteiger partial charge in [-0.25, -0.2) is 8.42 Å². The van der Waals surface area contributed by atoms with E-state index in [0.29, 0.717) is 23.6 Å². The minimum atomic E-state index is -3.69. The summed E-state index contributed by atoms with van der Waals surface area (Å²) in [6.45, 7) is 5.82. The van der Waals surface area contributed by atoms with Crippen LogP contribution < -0.4 is 10.0 Å². The molecule has 21 heavy (non-hydrogen) atoms. The molecule has 0 aliphatic heterocycles. The first kappa shape index (κ1) is 15.5. The maximum Gasteiger partial charge on any atom is 0.268 e. The Morgan fingerprint density at radius 3 is 2.62 bits per heavy atom. The highest BCUT2D eigenvalue weighted by molar-refractivity contribution is 7.93. The lowest BCUT2D eigenvalue weighted by molar-refractivity contribution is 0.590. The Morgan fingerprint density at radius 1 is 1.33 bits per heavy atom. The highest BCUT2D eigenvalue weighted by atomic mass is 32.2. The molecule has 0 saturated carbocycles. The van der Waals surface area contributed by atoms with Gasteiger partial charge in [0.15, 0.2) is 0 Å². The van der Waals surface area contributed by atoms with E-state index in [-0.39, 0.29) is 11.4 Å². The normalized spacial score (nSPS) is 11.6. The molecule has 0 amide bonds. The number of rotatable bonds is 5. The molecule has 0 radical (unpaired) electrons. The topological polar surface area (TPSA) is 92.1 Å². The molecular formula is C14H20N4O2S. The second-order valence-corrected chi connectivity index (χ2v) is 6.64. The zero-order valence-electron chi connectivity index (χ0n) is 12.4. The number of hydrogen-bond donors (Lipinski definition) is 2. The summed E-state index contributed by atoms with van der Waals surface area (Å²) < 4.78 is 27.3. The molecule has 0 saturated heterocycles. The second kappa shape index (κ2) is 5.87. The summed E-state index contributed by atoms with van der Waals surface area (Å²) in [7, 11) is -3.69. The maximum atomic E-state index is 12.9. The van der Waals surface area contributed by atoms with Crippen LogP contribution in [0.25, 0.3) is 0 Å². The third-order valence-corrected chi connectivity index (χ3v) is 5.39. The van der Waals surface area contributed by atoms with Crippen LogP contribution in [0, 0.1) is 13.8 Å². The number of aryl methyl sites for hydroxylation is 2. The Balaban J connectivity index is 2.57. The number of benzene rings is 1. The molecule has 0 spiro atoms. The van der Waals surface area contributed by atoms with E-state index in [0.717, 1.165) is 5.56 Å². The Kier molecular flexibility index (Phi) is 4.34. The van der Waals surface area contributed by atoms with E-state index in [1.165, 1.54) is 4.31 Å². The number of H-pyrrole nitrogens is 1. The Bertz CT molecular complexity index is 737. The van der Waals surface area contributed by atoms with Gasteiger partial charge in [-0.15, -0.1) is 0 Å². The van der Waals surface area contributed by atoms with Crippen molar-refractivity contribution >= 4 is 15.7 Å². The lowest BCUT2D eigenvalue weighted by Gasteiger charge is -2.23. The van der Waals surface area contributed by atoms with Crippen LogP contribution in [0.15, 0.2) is 29.2 Å². The van der Waals surface area contributed by atoms with Crippen LogP contribution in [0.4, 0.5) is 5.69 Å². The average Bonchev–Trinajstić information content (AvgIpc) is 2.81. The molecule has 6 nitrogen and oxygen atoms in total. The molecule has 1 aromatic carbocycles. The van der Waals surface area contributed by atoms with E-state index in [9.17, 15) is 8.42 Å². The first-order chi connectivity index (χ1) is 9.91. The van der Waals surface area contributed by atoms with E-state index < -0.39 is 10.0 Å². The Hall–Kier alpha value is -1.86. The molecule has 114 valence electrons. The summed E-state index contributed by atoms with van der Waals surface area (Å²) in [6.07, 6.45) is 0. The second-order valence-electron chi connectivity index (χ2n) is 4.84. The van der Waals surface area contributed by atoms with Crippen LogP contribution in [0.3, 0.4) is 0 Å². The van der Waals surface area contributed by atoms with Crippen molar-refractivity contribution < 1.29 is 8.42 Å². The minimum absolute atomic E-state index is 0.0737. The molecule has 1 aromatic heterocycles. The van der Waals surface area contributed by atoms with E-state index in [1.54, 1.807) is 19.9 Å². The molecule has 2 rings (SSSR count). The van der Waals surface area contributed by atoms with Crippen molar-refractivity contribution in [3.63, 3.8) is 0 Å². The molecule has 7 heteroatoms. The predicted octanol–water partition coefficient (Wildman–Crippen LogP) is 1.70. The molecule has 0 atom stereocenters. The molecule has 3 N–H and O–H groups in total. The van der Waals surface area contributed by atoms with Gasteiger partial charge in [0.1, 0.15) is 4.90 Å². The molecular weight excluding hydrogens is 288 g/mol. The van der Waals surface area contributed by atoms with Crippen LogP contribution in [0.5, 0.6) is 0 Å². The van der Waals surface area contributed by atoms with Gasteiger partial charge < -0.3 is 5.73 Å². The number of hydrogen-bond acceptors (Lipinski definition) is 4. The summed E-state index contributed by atoms with van der Waals surface area (Å²) in [6, 6.07) is 7.40. The highest BCUT2D eigenvalue weighted by Crippen LogP contribution is 2.27. The fourth-order valence-corrected chi connectivity index (χ4v) is 4.15. The largest absolute Gasteiger partial charge is 0.325 e. The SMILES string of the molecule is CCN(c1cccc(C)c1)S(=O)(=O)c1c(CN)n[nH]c1C. The standard InChI is InChI=1S/C14H20N4O2S/c1-4-18(12-7-5-6-10(2)8-12)21(19,20)14-11(3)16-17-13(14)9-15/h5-8H,4,9,15H2,1-3H3,(H,16,17). The quantitative estimate of drug-likeness (QED) is 0.879. The monoisotopic (exact) mass is 308 g/mol. The number of nitrogens with two attached hydrogens (primary N) is 1. The highest BCUT2D eigenvalue weighted by Gasteiger charge is 2.29. The summed E-state index contributed by atoms with van der Waals surface area (Å²) in [5.41, 5.74) is 8.10. The molecule has 0 aliphatic carbocycles. The molecule has 2 aromatic rings. The predicted molar refractivity (Wildman–Crippen MR) is 82.6 cm³/mol. The third kappa shape index (κ3) is 2.79. The Morgan fingerprint density at radius 2 is 2.05 bits per heavy atom. The number of nitrogens with one attached hydrogen (secondary N) is 1. The van der Waals surface area contributed by atoms with Gasteiger partial charge in [0.05, 0.1) is 17.1 Å². The molecule has 0 unspecified atom stereocenters. The van der Waals surface area contributed by atoms with Crippen molar-refractivity contribution in [2.45, 2.75) is 32.2 Å². The van der Waals surface area contributed by atoms with Gasteiger partial charge >= 0.3 is 0 Å². The first-order valence-corrected chi connectivity index (χ1v) is 8.19. The third-order valence-electron chi connectivity index (χ3n) is 3.28. The van der Waals surface area contributed by atoms with Gasteiger partial charge in [-0.05, 0) is 38.5 Å². The molecule has 1 heterocycles. The van der Waals surface area contributed by atoms with Crippen molar-refractivity contribution in [1.29, 1.82) is 0 Å². The number of nitrogens with zero attached hydrogens (tertiary/aromatic N) is 2. The minimum Gasteiger partial charge on any atom is -0.325 e. The Labute approximate surface area is 125 Å². The average molecular weight is 308 g/mol. The number of aromatic amines is 1. The van der Waals surface area contributed by atoms with E-state index >= 15 is 0 Å². The number of sulfonamides is 1. The van der Waals surface area contributed by atoms with Crippen LogP contribution >= 0.6 is 0 Å². The van der Waals surface area contributed by atoms with Crippen LogP contribution in [-0.2, 0) is 16.6 Å². The van der Waals surface area contributed by atoms with Crippen molar-refractivity contribution in [2.75, 3.05) is 10.8 Å². The van der Waals surface area contributed by atoms with Crippen molar-refractivity contribution in [3.05, 3.63) is 41.2 Å². The number of anilines is 1. The van der Waals surface area contributed by atoms with Gasteiger partial charge in [-0.1, -0.05) is 12.1 Å². The van der Waals surface area contributed by atoms with E-state index in [2.05, 4.69) is 10.2 Å². The van der Waals surface area contributed by atoms with Gasteiger partial charge in [0.25, 0.3) is 10.0 Å². The molecule has 0 bridgehead atoms. The zero-order chi connectivity index (χ0) is 15.6. The van der Waals surface area contributed by atoms with E-state index in [4.69, 9.17) is 5.73 Å². The van der Waals surface area contributed by atoms with Gasteiger partial charge in [-0.2, -0.15) is 5.10 Å². The summed E-state index contributed by atoms with van der Waals surface area (Å²) in [4.78, 5) is 0.174. The van der Waals surface area contributed by atoms with Crippen molar-refractivity contribution in [1.82, 2.24) is 10.2 Å². The fourth-order valence-electron chi connectivity index (χ4n) is 2.33. The lowest BCUT2D eigenvalue weighted by Crippen LogP contribution is -2.32. The van der Waals surface area contributed by atoms with Crippen LogP contribution in [-0.4, -0.2) is 25.2 Å². The molecule has 0 aliphatic rings. The van der Waals surface area contributed by atoms with Crippen molar-refractivity contribution in [3.8, 4) is 0 Å². The fraction of sp³-hybridized carbons (Fsp3) is 0.357. The smallest absolute Gasteiger partial charge is 0.268 e. The van der Waals surface area contributed by atoms with Gasteiger partial charge in [-0.3, -0.25) is 9.40 Å². The summed E-state index contributed by atoms with van der Waals surface area (Å²) >= 11 is 0. The first-order valence-electron chi connectivity index (χ1n) is 6.75. The van der Waals surface area contributed by atoms with E-state index in [1.807, 2.05) is 25.1 Å². The summed E-state index contributed by atoms with van der Waals surface area (Å²) in [5.74, 6) is 0. The zero-order valence-corrected chi connectivity index (χ0v) is 13.2. The molecule has 0 fully saturated rings. The summed E-state index contributed by atoms with van der Waals surface area (Å²) in [5, 5.41) is 6.67. The van der Waals surface area contributed by atoms with Crippen molar-refractivity contribution in [2.24, 2.45) is 5.73 Å². The van der Waals surface area contributed by atoms with Crippen LogP contribution in [0.2, 0.25) is 0 Å². The van der Waals surface area contributed by atoms with Gasteiger partial charge in [0.2, 0.25) is 0 Å².